The highest BCUT2D eigenvalue weighted by Gasteiger charge is 2.22. The molecule has 0 amide bonds. The Hall–Kier alpha value is -0.420. The Kier molecular flexibility index (Phi) is 4.07. The van der Waals surface area contributed by atoms with Crippen LogP contribution in [-0.4, -0.2) is 25.3 Å². The van der Waals surface area contributed by atoms with E-state index in [4.69, 9.17) is 10.6 Å². The molecule has 0 aliphatic heterocycles. The van der Waals surface area contributed by atoms with Gasteiger partial charge in [0, 0.05) is 22.8 Å². The largest absolute Gasteiger partial charge is 0.326 e. The first-order valence-corrected chi connectivity index (χ1v) is 5.46. The van der Waals surface area contributed by atoms with Crippen LogP contribution >= 0.6 is 11.3 Å². The van der Waals surface area contributed by atoms with Crippen molar-refractivity contribution in [3.05, 3.63) is 21.9 Å². The van der Waals surface area contributed by atoms with E-state index in [-0.39, 0.29) is 12.1 Å². The molecule has 0 aliphatic carbocycles. The number of hydrogen-bond acceptors (Lipinski definition) is 4. The van der Waals surface area contributed by atoms with E-state index in [1.165, 1.54) is 9.75 Å². The second-order valence-corrected chi connectivity index (χ2v) is 4.80. The van der Waals surface area contributed by atoms with E-state index in [0.29, 0.717) is 0 Å². The lowest BCUT2D eigenvalue weighted by Crippen LogP contribution is -2.36. The van der Waals surface area contributed by atoms with Gasteiger partial charge in [0.05, 0.1) is 13.2 Å². The highest BCUT2D eigenvalue weighted by Crippen LogP contribution is 2.28. The van der Waals surface area contributed by atoms with Crippen molar-refractivity contribution in [1.29, 1.82) is 0 Å². The minimum absolute atomic E-state index is 0.0537. The molecular formula is C10H18N2OS. The number of hydroxylamine groups is 2. The first-order valence-electron chi connectivity index (χ1n) is 4.65. The minimum atomic E-state index is 0.0537. The number of aryl methyl sites for hydroxylation is 1. The van der Waals surface area contributed by atoms with Gasteiger partial charge in [-0.2, -0.15) is 5.06 Å². The van der Waals surface area contributed by atoms with Crippen LogP contribution in [0.5, 0.6) is 0 Å². The van der Waals surface area contributed by atoms with Crippen molar-refractivity contribution >= 4 is 11.3 Å². The summed E-state index contributed by atoms with van der Waals surface area (Å²) in [5.74, 6) is 0. The summed E-state index contributed by atoms with van der Waals surface area (Å²) >= 11 is 1.77. The maximum atomic E-state index is 5.94. The quantitative estimate of drug-likeness (QED) is 0.778. The molecule has 80 valence electrons. The average molecular weight is 214 g/mol. The number of hydrogen-bond donors (Lipinski definition) is 1. The summed E-state index contributed by atoms with van der Waals surface area (Å²) < 4.78 is 0. The predicted molar refractivity (Wildman–Crippen MR) is 60.2 cm³/mol. The Morgan fingerprint density at radius 1 is 1.50 bits per heavy atom. The molecule has 0 aliphatic rings. The third-order valence-corrected chi connectivity index (χ3v) is 3.30. The van der Waals surface area contributed by atoms with Gasteiger partial charge in [-0.3, -0.25) is 0 Å². The molecule has 0 saturated heterocycles. The highest BCUT2D eigenvalue weighted by atomic mass is 32.1. The van der Waals surface area contributed by atoms with E-state index in [2.05, 4.69) is 19.1 Å². The van der Waals surface area contributed by atoms with E-state index in [1.54, 1.807) is 23.5 Å². The van der Waals surface area contributed by atoms with Crippen molar-refractivity contribution in [2.24, 2.45) is 5.73 Å². The van der Waals surface area contributed by atoms with E-state index in [1.807, 2.05) is 14.0 Å². The van der Waals surface area contributed by atoms with Crippen LogP contribution in [0.25, 0.3) is 0 Å². The highest BCUT2D eigenvalue weighted by molar-refractivity contribution is 7.12. The van der Waals surface area contributed by atoms with Crippen LogP contribution in [-0.2, 0) is 4.84 Å². The van der Waals surface area contributed by atoms with Crippen LogP contribution in [0.1, 0.15) is 22.7 Å². The molecule has 2 unspecified atom stereocenters. The molecule has 3 nitrogen and oxygen atoms in total. The van der Waals surface area contributed by atoms with Crippen molar-refractivity contribution < 1.29 is 4.84 Å². The van der Waals surface area contributed by atoms with Crippen LogP contribution in [0.3, 0.4) is 0 Å². The van der Waals surface area contributed by atoms with Gasteiger partial charge in [0.2, 0.25) is 0 Å². The van der Waals surface area contributed by atoms with Gasteiger partial charge in [-0.1, -0.05) is 0 Å². The zero-order valence-electron chi connectivity index (χ0n) is 9.15. The van der Waals surface area contributed by atoms with E-state index in [0.717, 1.165) is 0 Å². The average Bonchev–Trinajstić information content (AvgIpc) is 2.51. The van der Waals surface area contributed by atoms with Crippen molar-refractivity contribution in [2.75, 3.05) is 14.2 Å². The molecule has 1 rings (SSSR count). The fourth-order valence-corrected chi connectivity index (χ4v) is 2.62. The molecule has 0 radical (unpaired) electrons. The third-order valence-electron chi connectivity index (χ3n) is 2.23. The molecule has 2 atom stereocenters. The normalized spacial score (nSPS) is 15.9. The van der Waals surface area contributed by atoms with E-state index in [9.17, 15) is 0 Å². The van der Waals surface area contributed by atoms with Crippen LogP contribution in [0.2, 0.25) is 0 Å². The van der Waals surface area contributed by atoms with Crippen molar-refractivity contribution in [3.63, 3.8) is 0 Å². The number of thiophene rings is 1. The van der Waals surface area contributed by atoms with Crippen LogP contribution in [0.4, 0.5) is 0 Å². The van der Waals surface area contributed by atoms with Crippen LogP contribution < -0.4 is 5.73 Å². The minimum Gasteiger partial charge on any atom is -0.326 e. The summed E-state index contributed by atoms with van der Waals surface area (Å²) in [6, 6.07) is 4.42. The maximum Gasteiger partial charge on any atom is 0.0839 e. The molecule has 1 heterocycles. The molecule has 1 aromatic heterocycles. The molecule has 2 N–H and O–H groups in total. The van der Waals surface area contributed by atoms with E-state index >= 15 is 0 Å². The van der Waals surface area contributed by atoms with Gasteiger partial charge in [0.15, 0.2) is 0 Å². The second kappa shape index (κ2) is 4.89. The standard InChI is InChI=1S/C10H18N2OS/c1-7-5-6-9(14-7)10(8(2)11)12(3)13-4/h5-6,8,10H,11H2,1-4H3. The van der Waals surface area contributed by atoms with Crippen molar-refractivity contribution in [1.82, 2.24) is 5.06 Å². The molecule has 14 heavy (non-hydrogen) atoms. The molecule has 0 fully saturated rings. The lowest BCUT2D eigenvalue weighted by molar-refractivity contribution is -0.146. The topological polar surface area (TPSA) is 38.5 Å². The zero-order chi connectivity index (χ0) is 10.7. The summed E-state index contributed by atoms with van der Waals surface area (Å²) in [6.45, 7) is 4.09. The first kappa shape index (κ1) is 11.7. The van der Waals surface area contributed by atoms with Gasteiger partial charge in [0.1, 0.15) is 0 Å². The number of rotatable bonds is 4. The molecular weight excluding hydrogens is 196 g/mol. The monoisotopic (exact) mass is 214 g/mol. The molecule has 4 heteroatoms. The van der Waals surface area contributed by atoms with Gasteiger partial charge in [-0.05, 0) is 26.0 Å². The van der Waals surface area contributed by atoms with Gasteiger partial charge in [-0.25, -0.2) is 0 Å². The van der Waals surface area contributed by atoms with Crippen molar-refractivity contribution in [2.45, 2.75) is 25.9 Å². The predicted octanol–water partition coefficient (Wildman–Crippen LogP) is 1.94. The van der Waals surface area contributed by atoms with Gasteiger partial charge in [-0.15, -0.1) is 11.3 Å². The number of likely N-dealkylation sites (N-methyl/N-ethyl adjacent to an activating group) is 1. The molecule has 0 bridgehead atoms. The second-order valence-electron chi connectivity index (χ2n) is 3.48. The van der Waals surface area contributed by atoms with Crippen molar-refractivity contribution in [3.8, 4) is 0 Å². The Morgan fingerprint density at radius 3 is 2.50 bits per heavy atom. The Labute approximate surface area is 89.4 Å². The Morgan fingerprint density at radius 2 is 2.14 bits per heavy atom. The fraction of sp³-hybridized carbons (Fsp3) is 0.600. The van der Waals surface area contributed by atoms with Gasteiger partial charge >= 0.3 is 0 Å². The Balaban J connectivity index is 2.88. The molecule has 0 spiro atoms. The van der Waals surface area contributed by atoms with E-state index < -0.39 is 0 Å². The summed E-state index contributed by atoms with van der Waals surface area (Å²) in [5.41, 5.74) is 5.94. The summed E-state index contributed by atoms with van der Waals surface area (Å²) in [7, 11) is 3.57. The van der Waals surface area contributed by atoms with Gasteiger partial charge < -0.3 is 10.6 Å². The van der Waals surface area contributed by atoms with Gasteiger partial charge in [0.25, 0.3) is 0 Å². The third kappa shape index (κ3) is 2.54. The zero-order valence-corrected chi connectivity index (χ0v) is 9.97. The summed E-state index contributed by atoms with van der Waals surface area (Å²) in [4.78, 5) is 7.75. The first-order chi connectivity index (χ1) is 6.56. The molecule has 1 aromatic rings. The summed E-state index contributed by atoms with van der Waals surface area (Å²) in [5, 5.41) is 1.80. The van der Waals surface area contributed by atoms with Crippen LogP contribution in [0, 0.1) is 6.92 Å². The molecule has 0 aromatic carbocycles. The number of nitrogens with two attached hydrogens (primary N) is 1. The lowest BCUT2D eigenvalue weighted by Gasteiger charge is -2.27. The smallest absolute Gasteiger partial charge is 0.0839 e. The molecule has 0 saturated carbocycles. The fourth-order valence-electron chi connectivity index (χ4n) is 1.50. The van der Waals surface area contributed by atoms with Crippen LogP contribution in [0.15, 0.2) is 12.1 Å². The maximum absolute atomic E-state index is 5.94. The SMILES string of the molecule is CON(C)C(c1ccc(C)s1)C(C)N. The lowest BCUT2D eigenvalue weighted by atomic mass is 10.1. The Bertz CT molecular complexity index is 285. The summed E-state index contributed by atoms with van der Waals surface area (Å²) in [6.07, 6.45) is 0. The number of nitrogens with zero attached hydrogens (tertiary/aromatic N) is 1.